The van der Waals surface area contributed by atoms with Crippen LogP contribution >= 0.6 is 0 Å². The predicted molar refractivity (Wildman–Crippen MR) is 80.9 cm³/mol. The minimum atomic E-state index is -3.43. The zero-order chi connectivity index (χ0) is 14.6. The normalized spacial score (nSPS) is 18.9. The minimum Gasteiger partial charge on any atom is -0.330 e. The maximum absolute atomic E-state index is 12.3. The molecular weight excluding hydrogens is 272 g/mol. The highest BCUT2D eigenvalue weighted by atomic mass is 32.2. The molecule has 0 saturated heterocycles. The van der Waals surface area contributed by atoms with Gasteiger partial charge in [-0.1, -0.05) is 37.0 Å². The van der Waals surface area contributed by atoms with Crippen molar-refractivity contribution in [3.05, 3.63) is 29.8 Å². The first-order valence-electron chi connectivity index (χ1n) is 7.24. The van der Waals surface area contributed by atoms with Crippen LogP contribution in [0.3, 0.4) is 0 Å². The van der Waals surface area contributed by atoms with Crippen molar-refractivity contribution in [2.75, 3.05) is 13.1 Å². The van der Waals surface area contributed by atoms with Crippen molar-refractivity contribution in [2.45, 2.75) is 43.9 Å². The number of sulfonamides is 1. The molecule has 4 nitrogen and oxygen atoms in total. The van der Waals surface area contributed by atoms with Crippen molar-refractivity contribution in [2.24, 2.45) is 11.1 Å². The number of aryl methyl sites for hydroxylation is 1. The topological polar surface area (TPSA) is 72.2 Å². The minimum absolute atomic E-state index is 0.0595. The van der Waals surface area contributed by atoms with Crippen molar-refractivity contribution in [3.63, 3.8) is 0 Å². The smallest absolute Gasteiger partial charge is 0.240 e. The Morgan fingerprint density at radius 1 is 1.15 bits per heavy atom. The second-order valence-corrected chi connectivity index (χ2v) is 7.67. The second-order valence-electron chi connectivity index (χ2n) is 5.90. The molecule has 1 fully saturated rings. The molecule has 1 aromatic rings. The summed E-state index contributed by atoms with van der Waals surface area (Å²) in [6, 6.07) is 6.92. The zero-order valence-corrected chi connectivity index (χ0v) is 12.9. The molecule has 0 atom stereocenters. The van der Waals surface area contributed by atoms with Gasteiger partial charge in [0.15, 0.2) is 0 Å². The fraction of sp³-hybridized carbons (Fsp3) is 0.600. The van der Waals surface area contributed by atoms with Crippen molar-refractivity contribution in [1.29, 1.82) is 0 Å². The molecule has 0 unspecified atom stereocenters. The molecule has 0 heterocycles. The van der Waals surface area contributed by atoms with Crippen molar-refractivity contribution >= 4 is 10.0 Å². The van der Waals surface area contributed by atoms with E-state index in [4.69, 9.17) is 5.73 Å². The highest BCUT2D eigenvalue weighted by molar-refractivity contribution is 7.89. The lowest BCUT2D eigenvalue weighted by Crippen LogP contribution is -2.43. The molecule has 0 spiro atoms. The number of nitrogens with two attached hydrogens (primary N) is 1. The summed E-state index contributed by atoms with van der Waals surface area (Å²) >= 11 is 0. The molecule has 0 aromatic heterocycles. The number of hydrogen-bond acceptors (Lipinski definition) is 3. The van der Waals surface area contributed by atoms with Gasteiger partial charge in [0, 0.05) is 6.54 Å². The van der Waals surface area contributed by atoms with Crippen molar-refractivity contribution < 1.29 is 8.42 Å². The van der Waals surface area contributed by atoms with Crippen LogP contribution in [-0.4, -0.2) is 21.5 Å². The Labute approximate surface area is 121 Å². The molecule has 0 amide bonds. The summed E-state index contributed by atoms with van der Waals surface area (Å²) < 4.78 is 27.3. The number of hydrogen-bond donors (Lipinski definition) is 2. The summed E-state index contributed by atoms with van der Waals surface area (Å²) in [4.78, 5) is 0.325. The molecule has 1 aliphatic carbocycles. The van der Waals surface area contributed by atoms with Crippen LogP contribution in [0.4, 0.5) is 0 Å². The fourth-order valence-corrected chi connectivity index (χ4v) is 3.96. The van der Waals surface area contributed by atoms with Gasteiger partial charge >= 0.3 is 0 Å². The third-order valence-electron chi connectivity index (χ3n) is 4.32. The van der Waals surface area contributed by atoms with Crippen LogP contribution in [0.25, 0.3) is 0 Å². The maximum Gasteiger partial charge on any atom is 0.240 e. The SMILES string of the molecule is Cc1ccc(S(=O)(=O)NCC2(CN)CCCCC2)cc1. The van der Waals surface area contributed by atoms with Gasteiger partial charge in [-0.05, 0) is 43.9 Å². The van der Waals surface area contributed by atoms with E-state index in [9.17, 15) is 8.42 Å². The maximum atomic E-state index is 12.3. The molecular formula is C15H24N2O2S. The van der Waals surface area contributed by atoms with Gasteiger partial charge in [0.2, 0.25) is 10.0 Å². The van der Waals surface area contributed by atoms with E-state index in [1.54, 1.807) is 12.1 Å². The van der Waals surface area contributed by atoms with Gasteiger partial charge < -0.3 is 5.73 Å². The molecule has 1 saturated carbocycles. The van der Waals surface area contributed by atoms with Crippen LogP contribution in [0.2, 0.25) is 0 Å². The average molecular weight is 296 g/mol. The van der Waals surface area contributed by atoms with E-state index in [0.29, 0.717) is 18.0 Å². The standard InChI is InChI=1S/C15H24N2O2S/c1-13-5-7-14(8-6-13)20(18,19)17-12-15(11-16)9-3-2-4-10-15/h5-8,17H,2-4,9-12,16H2,1H3. The molecule has 3 N–H and O–H groups in total. The summed E-state index contributed by atoms with van der Waals surface area (Å²) in [6.07, 6.45) is 5.54. The summed E-state index contributed by atoms with van der Waals surface area (Å²) in [5.74, 6) is 0. The summed E-state index contributed by atoms with van der Waals surface area (Å²) in [5.41, 5.74) is 6.88. The Kier molecular flexibility index (Phi) is 4.83. The first-order valence-corrected chi connectivity index (χ1v) is 8.72. The zero-order valence-electron chi connectivity index (χ0n) is 12.1. The Balaban J connectivity index is 2.06. The number of nitrogens with one attached hydrogen (secondary N) is 1. The summed E-state index contributed by atoms with van der Waals surface area (Å²) in [5, 5.41) is 0. The van der Waals surface area contributed by atoms with Gasteiger partial charge in [0.25, 0.3) is 0 Å². The molecule has 5 heteroatoms. The number of rotatable bonds is 5. The van der Waals surface area contributed by atoms with Gasteiger partial charge in [-0.15, -0.1) is 0 Å². The van der Waals surface area contributed by atoms with Crippen LogP contribution in [0.1, 0.15) is 37.7 Å². The Hall–Kier alpha value is -0.910. The monoisotopic (exact) mass is 296 g/mol. The molecule has 112 valence electrons. The van der Waals surface area contributed by atoms with Crippen LogP contribution in [0.5, 0.6) is 0 Å². The largest absolute Gasteiger partial charge is 0.330 e. The lowest BCUT2D eigenvalue weighted by molar-refractivity contribution is 0.202. The van der Waals surface area contributed by atoms with E-state index in [1.165, 1.54) is 6.42 Å². The first-order chi connectivity index (χ1) is 9.47. The van der Waals surface area contributed by atoms with E-state index in [-0.39, 0.29) is 5.41 Å². The van der Waals surface area contributed by atoms with Crippen LogP contribution < -0.4 is 10.5 Å². The lowest BCUT2D eigenvalue weighted by atomic mass is 9.74. The Bertz CT molecular complexity index is 531. The second kappa shape index (κ2) is 6.24. The fourth-order valence-electron chi connectivity index (χ4n) is 2.80. The average Bonchev–Trinajstić information content (AvgIpc) is 2.47. The number of benzene rings is 1. The summed E-state index contributed by atoms with van der Waals surface area (Å²) in [6.45, 7) is 2.93. The van der Waals surface area contributed by atoms with Gasteiger partial charge in [-0.2, -0.15) is 0 Å². The lowest BCUT2D eigenvalue weighted by Gasteiger charge is -2.36. The molecule has 0 aliphatic heterocycles. The highest BCUT2D eigenvalue weighted by Crippen LogP contribution is 2.35. The van der Waals surface area contributed by atoms with Gasteiger partial charge in [0.05, 0.1) is 4.90 Å². The first kappa shape index (κ1) is 15.5. The quantitative estimate of drug-likeness (QED) is 0.875. The van der Waals surface area contributed by atoms with Crippen LogP contribution in [0, 0.1) is 12.3 Å². The Morgan fingerprint density at radius 3 is 2.30 bits per heavy atom. The van der Waals surface area contributed by atoms with E-state index in [0.717, 1.165) is 31.2 Å². The summed E-state index contributed by atoms with van der Waals surface area (Å²) in [7, 11) is -3.43. The molecule has 2 rings (SSSR count). The van der Waals surface area contributed by atoms with E-state index < -0.39 is 10.0 Å². The molecule has 20 heavy (non-hydrogen) atoms. The predicted octanol–water partition coefficient (Wildman–Crippen LogP) is 2.18. The van der Waals surface area contributed by atoms with E-state index in [1.807, 2.05) is 19.1 Å². The van der Waals surface area contributed by atoms with E-state index >= 15 is 0 Å². The van der Waals surface area contributed by atoms with Gasteiger partial charge in [-0.25, -0.2) is 13.1 Å². The van der Waals surface area contributed by atoms with Gasteiger partial charge in [-0.3, -0.25) is 0 Å². The highest BCUT2D eigenvalue weighted by Gasteiger charge is 2.32. The molecule has 0 bridgehead atoms. The van der Waals surface area contributed by atoms with E-state index in [2.05, 4.69) is 4.72 Å². The van der Waals surface area contributed by atoms with Crippen molar-refractivity contribution in [3.8, 4) is 0 Å². The third-order valence-corrected chi connectivity index (χ3v) is 5.73. The van der Waals surface area contributed by atoms with Crippen LogP contribution in [0.15, 0.2) is 29.2 Å². The molecule has 0 radical (unpaired) electrons. The van der Waals surface area contributed by atoms with Crippen LogP contribution in [-0.2, 0) is 10.0 Å². The molecule has 1 aromatic carbocycles. The van der Waals surface area contributed by atoms with Crippen molar-refractivity contribution in [1.82, 2.24) is 4.72 Å². The molecule has 1 aliphatic rings. The third kappa shape index (κ3) is 3.59. The Morgan fingerprint density at radius 2 is 1.75 bits per heavy atom. The van der Waals surface area contributed by atoms with Gasteiger partial charge in [0.1, 0.15) is 0 Å².